The highest BCUT2D eigenvalue weighted by Gasteiger charge is 2.52. The van der Waals surface area contributed by atoms with Gasteiger partial charge >= 0.3 is 0 Å². The fourth-order valence-corrected chi connectivity index (χ4v) is 13.3. The van der Waals surface area contributed by atoms with Crippen molar-refractivity contribution in [3.8, 4) is 5.75 Å². The van der Waals surface area contributed by atoms with Crippen LogP contribution in [-0.2, 0) is 13.0 Å². The van der Waals surface area contributed by atoms with Crippen molar-refractivity contribution in [2.75, 3.05) is 0 Å². The molecule has 0 N–H and O–H groups in total. The van der Waals surface area contributed by atoms with Gasteiger partial charge in [0.1, 0.15) is 18.6 Å². The Morgan fingerprint density at radius 1 is 0.972 bits per heavy atom. The van der Waals surface area contributed by atoms with E-state index in [1.54, 1.807) is 0 Å². The van der Waals surface area contributed by atoms with Gasteiger partial charge in [-0.2, -0.15) is 0 Å². The number of fused-ring (bicyclic) bond motifs is 1. The summed E-state index contributed by atoms with van der Waals surface area (Å²) in [5.74, 6) is -1.05. The highest BCUT2D eigenvalue weighted by Crippen LogP contribution is 2.49. The van der Waals surface area contributed by atoms with Gasteiger partial charge in [-0.25, -0.2) is 8.78 Å². The van der Waals surface area contributed by atoms with Crippen molar-refractivity contribution in [1.29, 1.82) is 0 Å². The first kappa shape index (κ1) is 26.3. The van der Waals surface area contributed by atoms with E-state index < -0.39 is 19.9 Å². The molecule has 0 saturated heterocycles. The molecular weight excluding hydrogens is 470 g/mol. The second-order valence-electron chi connectivity index (χ2n) is 10.8. The van der Waals surface area contributed by atoms with Gasteiger partial charge in [-0.05, 0) is 51.2 Å². The van der Waals surface area contributed by atoms with Crippen molar-refractivity contribution in [1.82, 2.24) is 4.57 Å². The summed E-state index contributed by atoms with van der Waals surface area (Å²) in [5.41, 5.74) is 4.96. The van der Waals surface area contributed by atoms with Crippen molar-refractivity contribution in [3.63, 3.8) is 0 Å². The SMILES string of the molecule is CC(C)[Si](C(C)C)(C(C)C)N1C=C(Cc2cc(F)c(OCc3ccccc3)cc2F)C2=CCC=NC21. The molecule has 192 valence electrons. The molecule has 1 unspecified atom stereocenters. The molecular formula is C30H38F2N2OSi. The molecule has 3 nitrogen and oxygen atoms in total. The maximum Gasteiger partial charge on any atom is 0.166 e. The van der Waals surface area contributed by atoms with Crippen LogP contribution in [0.15, 0.2) is 70.9 Å². The minimum atomic E-state index is -2.02. The van der Waals surface area contributed by atoms with Crippen LogP contribution in [0.4, 0.5) is 8.78 Å². The Balaban J connectivity index is 1.64. The monoisotopic (exact) mass is 508 g/mol. The van der Waals surface area contributed by atoms with Gasteiger partial charge in [0, 0.05) is 25.1 Å². The minimum absolute atomic E-state index is 0.0611. The van der Waals surface area contributed by atoms with E-state index in [1.807, 2.05) is 36.5 Å². The lowest BCUT2D eigenvalue weighted by molar-refractivity contribution is 0.288. The van der Waals surface area contributed by atoms with Gasteiger partial charge in [-0.3, -0.25) is 4.99 Å². The molecule has 0 spiro atoms. The van der Waals surface area contributed by atoms with Gasteiger partial charge in [0.2, 0.25) is 0 Å². The Bertz CT molecular complexity index is 1150. The van der Waals surface area contributed by atoms with Crippen LogP contribution >= 0.6 is 0 Å². The molecule has 0 bridgehead atoms. The average Bonchev–Trinajstić information content (AvgIpc) is 3.19. The maximum absolute atomic E-state index is 15.2. The van der Waals surface area contributed by atoms with Gasteiger partial charge < -0.3 is 9.30 Å². The molecule has 0 fully saturated rings. The summed E-state index contributed by atoms with van der Waals surface area (Å²) in [4.78, 5) is 4.91. The quantitative estimate of drug-likeness (QED) is 0.319. The third-order valence-corrected chi connectivity index (χ3v) is 14.7. The van der Waals surface area contributed by atoms with Crippen LogP contribution in [0, 0.1) is 11.6 Å². The van der Waals surface area contributed by atoms with E-state index in [4.69, 9.17) is 9.73 Å². The van der Waals surface area contributed by atoms with Crippen molar-refractivity contribution >= 4 is 14.5 Å². The standard InChI is InChI=1S/C30H38F2N2OSi/c1-20(2)36(21(3)4,22(5)6)34-18-25(26-13-10-14-33-30(26)34)15-24-16-28(32)29(17-27(24)31)35-19-23-11-8-7-9-12-23/h7-9,11-14,16-18,20-22,30H,10,15,19H2,1-6H3. The van der Waals surface area contributed by atoms with E-state index in [0.29, 0.717) is 28.6 Å². The lowest BCUT2D eigenvalue weighted by atomic mass is 9.97. The number of nitrogens with zero attached hydrogens (tertiary/aromatic N) is 2. The third-order valence-electron chi connectivity index (χ3n) is 7.84. The van der Waals surface area contributed by atoms with Gasteiger partial charge in [0.15, 0.2) is 19.8 Å². The van der Waals surface area contributed by atoms with Gasteiger partial charge in [0.05, 0.1) is 0 Å². The first-order chi connectivity index (χ1) is 17.2. The summed E-state index contributed by atoms with van der Waals surface area (Å²) in [5, 5.41) is 0. The van der Waals surface area contributed by atoms with E-state index >= 15 is 4.39 Å². The predicted molar refractivity (Wildman–Crippen MR) is 147 cm³/mol. The lowest BCUT2D eigenvalue weighted by Gasteiger charge is -2.51. The number of benzene rings is 2. The molecule has 2 heterocycles. The molecule has 1 atom stereocenters. The van der Waals surface area contributed by atoms with E-state index in [9.17, 15) is 4.39 Å². The summed E-state index contributed by atoms with van der Waals surface area (Å²) in [7, 11) is -2.02. The number of hydrogen-bond acceptors (Lipinski definition) is 3. The van der Waals surface area contributed by atoms with Gasteiger partial charge in [-0.15, -0.1) is 0 Å². The molecule has 36 heavy (non-hydrogen) atoms. The van der Waals surface area contributed by atoms with E-state index in [1.165, 1.54) is 12.1 Å². The molecule has 0 radical (unpaired) electrons. The normalized spacial score (nSPS) is 17.6. The smallest absolute Gasteiger partial charge is 0.166 e. The number of aliphatic imine (C=N–C) groups is 1. The Hall–Kier alpha value is -2.73. The zero-order valence-corrected chi connectivity index (χ0v) is 23.3. The molecule has 2 aromatic rings. The Morgan fingerprint density at radius 3 is 2.28 bits per heavy atom. The lowest BCUT2D eigenvalue weighted by Crippen LogP contribution is -2.60. The van der Waals surface area contributed by atoms with Crippen molar-refractivity contribution in [2.45, 2.75) is 83.8 Å². The average molecular weight is 509 g/mol. The zero-order chi connectivity index (χ0) is 26.0. The zero-order valence-electron chi connectivity index (χ0n) is 22.3. The van der Waals surface area contributed by atoms with E-state index in [2.05, 4.69) is 58.4 Å². The summed E-state index contributed by atoms with van der Waals surface area (Å²) >= 11 is 0. The van der Waals surface area contributed by atoms with Crippen LogP contribution in [0.25, 0.3) is 0 Å². The molecule has 0 saturated carbocycles. The number of ether oxygens (including phenoxy) is 1. The second-order valence-corrected chi connectivity index (χ2v) is 16.6. The molecule has 0 aliphatic carbocycles. The Morgan fingerprint density at radius 2 is 1.64 bits per heavy atom. The number of halogens is 2. The third kappa shape index (κ3) is 4.80. The van der Waals surface area contributed by atoms with Crippen molar-refractivity contribution < 1.29 is 13.5 Å². The van der Waals surface area contributed by atoms with Crippen LogP contribution < -0.4 is 4.74 Å². The Labute approximate surface area is 215 Å². The fraction of sp³-hybridized carbons (Fsp3) is 0.433. The van der Waals surface area contributed by atoms with Crippen LogP contribution in [0.1, 0.15) is 59.1 Å². The summed E-state index contributed by atoms with van der Waals surface area (Å²) in [6.45, 7) is 14.2. The van der Waals surface area contributed by atoms with Crippen LogP contribution in [0.5, 0.6) is 5.75 Å². The molecule has 0 amide bonds. The van der Waals surface area contributed by atoms with Gasteiger partial charge in [-0.1, -0.05) is 78.0 Å². The predicted octanol–water partition coefficient (Wildman–Crippen LogP) is 8.19. The molecule has 2 aromatic carbocycles. The summed E-state index contributed by atoms with van der Waals surface area (Å²) in [6, 6.07) is 12.0. The number of hydrogen-bond donors (Lipinski definition) is 0. The second kappa shape index (κ2) is 10.7. The van der Waals surface area contributed by atoms with E-state index in [-0.39, 0.29) is 18.5 Å². The number of allylic oxidation sites excluding steroid dienone is 1. The first-order valence-electron chi connectivity index (χ1n) is 13.0. The highest BCUT2D eigenvalue weighted by molar-refractivity contribution is 6.81. The Kier molecular flexibility index (Phi) is 7.84. The van der Waals surface area contributed by atoms with Crippen molar-refractivity contribution in [2.24, 2.45) is 4.99 Å². The van der Waals surface area contributed by atoms with Crippen LogP contribution in [0.3, 0.4) is 0 Å². The van der Waals surface area contributed by atoms with Crippen LogP contribution in [-0.4, -0.2) is 25.2 Å². The fourth-order valence-electron chi connectivity index (χ4n) is 6.48. The maximum atomic E-state index is 15.2. The highest BCUT2D eigenvalue weighted by atomic mass is 28.3. The first-order valence-corrected chi connectivity index (χ1v) is 15.2. The van der Waals surface area contributed by atoms with E-state index in [0.717, 1.165) is 23.1 Å². The molecule has 2 aliphatic rings. The topological polar surface area (TPSA) is 24.8 Å². The summed E-state index contributed by atoms with van der Waals surface area (Å²) in [6.07, 6.45) is 7.44. The molecule has 0 aromatic heterocycles. The van der Waals surface area contributed by atoms with Crippen LogP contribution in [0.2, 0.25) is 16.6 Å². The molecule has 6 heteroatoms. The van der Waals surface area contributed by atoms with Gasteiger partial charge in [0.25, 0.3) is 0 Å². The summed E-state index contributed by atoms with van der Waals surface area (Å²) < 4.78 is 38.3. The van der Waals surface area contributed by atoms with Crippen molar-refractivity contribution in [3.05, 3.63) is 88.6 Å². The number of rotatable bonds is 9. The number of dihydropyridines is 1. The molecule has 2 aliphatic heterocycles. The largest absolute Gasteiger partial charge is 0.486 e. The molecule has 4 rings (SSSR count). The minimum Gasteiger partial charge on any atom is -0.486 e.